The summed E-state index contributed by atoms with van der Waals surface area (Å²) in [5, 5.41) is 30.3. The third-order valence-corrected chi connectivity index (χ3v) is 4.33. The number of hydrogen-bond donors (Lipinski definition) is 3. The van der Waals surface area contributed by atoms with Crippen molar-refractivity contribution < 1.29 is 15.3 Å². The number of unbranched alkanes of at least 4 members (excludes halogenated alkanes) is 4. The SMILES string of the molecule is CCCCCCCC(O)(c1ccc(O)cc1)c1ccc(O)cc1. The second kappa shape index (κ2) is 8.02. The molecule has 0 saturated carbocycles. The molecule has 2 aromatic rings. The third-order valence-electron chi connectivity index (χ3n) is 4.33. The van der Waals surface area contributed by atoms with Gasteiger partial charge in [0.2, 0.25) is 0 Å². The average Bonchev–Trinajstić information content (AvgIpc) is 2.55. The normalized spacial score (nSPS) is 11.6. The van der Waals surface area contributed by atoms with Crippen molar-refractivity contribution in [1.29, 1.82) is 0 Å². The Morgan fingerprint density at radius 3 is 1.57 bits per heavy atom. The van der Waals surface area contributed by atoms with E-state index >= 15 is 0 Å². The third kappa shape index (κ3) is 4.49. The minimum absolute atomic E-state index is 0.185. The summed E-state index contributed by atoms with van der Waals surface area (Å²) >= 11 is 0. The summed E-state index contributed by atoms with van der Waals surface area (Å²) in [5.74, 6) is 0.370. The Hall–Kier alpha value is -2.00. The first-order valence-electron chi connectivity index (χ1n) is 8.37. The van der Waals surface area contributed by atoms with E-state index in [0.29, 0.717) is 6.42 Å². The van der Waals surface area contributed by atoms with E-state index in [1.165, 1.54) is 19.3 Å². The molecular weight excluding hydrogens is 288 g/mol. The number of aromatic hydroxyl groups is 2. The standard InChI is InChI=1S/C20H26O3/c1-2-3-4-5-6-15-20(23,16-7-11-18(21)12-8-16)17-9-13-19(22)14-10-17/h7-14,21-23H,2-6,15H2,1H3. The van der Waals surface area contributed by atoms with Gasteiger partial charge >= 0.3 is 0 Å². The van der Waals surface area contributed by atoms with E-state index in [4.69, 9.17) is 0 Å². The van der Waals surface area contributed by atoms with E-state index in [1.807, 2.05) is 0 Å². The molecule has 0 spiro atoms. The zero-order chi connectivity index (χ0) is 16.7. The van der Waals surface area contributed by atoms with Gasteiger partial charge in [0, 0.05) is 0 Å². The maximum Gasteiger partial charge on any atom is 0.115 e. The maximum atomic E-state index is 11.3. The Labute approximate surface area is 138 Å². The molecule has 0 saturated heterocycles. The van der Waals surface area contributed by atoms with Crippen LogP contribution in [0.1, 0.15) is 56.6 Å². The van der Waals surface area contributed by atoms with Crippen molar-refractivity contribution in [2.45, 2.75) is 51.0 Å². The summed E-state index contributed by atoms with van der Waals surface area (Å²) in [4.78, 5) is 0. The highest BCUT2D eigenvalue weighted by Gasteiger charge is 2.31. The minimum atomic E-state index is -1.10. The van der Waals surface area contributed by atoms with Crippen molar-refractivity contribution in [3.05, 3.63) is 59.7 Å². The highest BCUT2D eigenvalue weighted by molar-refractivity contribution is 5.40. The second-order valence-electron chi connectivity index (χ2n) is 6.12. The molecule has 0 heterocycles. The second-order valence-corrected chi connectivity index (χ2v) is 6.12. The number of hydrogen-bond acceptors (Lipinski definition) is 3. The summed E-state index contributed by atoms with van der Waals surface area (Å²) in [7, 11) is 0. The lowest BCUT2D eigenvalue weighted by molar-refractivity contribution is 0.0678. The molecule has 0 amide bonds. The van der Waals surface area contributed by atoms with E-state index in [0.717, 1.165) is 24.0 Å². The average molecular weight is 314 g/mol. The summed E-state index contributed by atoms with van der Waals surface area (Å²) in [6, 6.07) is 13.4. The van der Waals surface area contributed by atoms with Crippen molar-refractivity contribution in [3.8, 4) is 11.5 Å². The molecule has 0 bridgehead atoms. The topological polar surface area (TPSA) is 60.7 Å². The zero-order valence-electron chi connectivity index (χ0n) is 13.7. The summed E-state index contributed by atoms with van der Waals surface area (Å²) in [6.07, 6.45) is 6.23. The number of rotatable bonds is 8. The molecule has 2 rings (SSSR count). The molecule has 3 N–H and O–H groups in total. The van der Waals surface area contributed by atoms with Crippen LogP contribution in [0.3, 0.4) is 0 Å². The van der Waals surface area contributed by atoms with E-state index in [2.05, 4.69) is 6.92 Å². The van der Waals surface area contributed by atoms with Crippen LogP contribution in [0.25, 0.3) is 0 Å². The van der Waals surface area contributed by atoms with Crippen LogP contribution in [0.5, 0.6) is 11.5 Å². The molecule has 0 unspecified atom stereocenters. The van der Waals surface area contributed by atoms with Gasteiger partial charge in [-0.25, -0.2) is 0 Å². The number of phenolic OH excluding ortho intramolecular Hbond substituents is 2. The number of benzene rings is 2. The Kier molecular flexibility index (Phi) is 6.05. The van der Waals surface area contributed by atoms with Gasteiger partial charge in [0.25, 0.3) is 0 Å². The van der Waals surface area contributed by atoms with Crippen LogP contribution >= 0.6 is 0 Å². The number of phenols is 2. The molecule has 0 aliphatic rings. The van der Waals surface area contributed by atoms with E-state index in [-0.39, 0.29) is 11.5 Å². The van der Waals surface area contributed by atoms with Crippen LogP contribution in [0.4, 0.5) is 0 Å². The van der Waals surface area contributed by atoms with Gasteiger partial charge in [-0.2, -0.15) is 0 Å². The van der Waals surface area contributed by atoms with Crippen LogP contribution in [-0.4, -0.2) is 15.3 Å². The van der Waals surface area contributed by atoms with E-state index in [1.54, 1.807) is 48.5 Å². The van der Waals surface area contributed by atoms with Gasteiger partial charge in [-0.3, -0.25) is 0 Å². The first kappa shape index (κ1) is 17.4. The van der Waals surface area contributed by atoms with Gasteiger partial charge in [0.1, 0.15) is 17.1 Å². The molecular formula is C20H26O3. The molecule has 3 heteroatoms. The van der Waals surface area contributed by atoms with Crippen molar-refractivity contribution in [1.82, 2.24) is 0 Å². The molecule has 2 aromatic carbocycles. The van der Waals surface area contributed by atoms with Gasteiger partial charge in [-0.05, 0) is 48.2 Å². The van der Waals surface area contributed by atoms with Gasteiger partial charge < -0.3 is 15.3 Å². The highest BCUT2D eigenvalue weighted by Crippen LogP contribution is 2.36. The highest BCUT2D eigenvalue weighted by atomic mass is 16.3. The predicted molar refractivity (Wildman–Crippen MR) is 92.6 cm³/mol. The van der Waals surface area contributed by atoms with Crippen LogP contribution in [-0.2, 0) is 5.60 Å². The lowest BCUT2D eigenvalue weighted by Crippen LogP contribution is -2.27. The van der Waals surface area contributed by atoms with Crippen LogP contribution < -0.4 is 0 Å². The molecule has 0 atom stereocenters. The van der Waals surface area contributed by atoms with Crippen LogP contribution in [0.2, 0.25) is 0 Å². The largest absolute Gasteiger partial charge is 0.508 e. The number of aliphatic hydroxyl groups is 1. The monoisotopic (exact) mass is 314 g/mol. The summed E-state index contributed by atoms with van der Waals surface area (Å²) in [6.45, 7) is 2.18. The quantitative estimate of drug-likeness (QED) is 0.619. The molecule has 0 aromatic heterocycles. The molecule has 0 radical (unpaired) electrons. The van der Waals surface area contributed by atoms with Crippen molar-refractivity contribution in [2.24, 2.45) is 0 Å². The van der Waals surface area contributed by atoms with Crippen molar-refractivity contribution >= 4 is 0 Å². The van der Waals surface area contributed by atoms with Gasteiger partial charge in [-0.1, -0.05) is 56.9 Å². The van der Waals surface area contributed by atoms with Gasteiger partial charge in [-0.15, -0.1) is 0 Å². The van der Waals surface area contributed by atoms with E-state index < -0.39 is 5.60 Å². The van der Waals surface area contributed by atoms with Gasteiger partial charge in [0.05, 0.1) is 0 Å². The fourth-order valence-electron chi connectivity index (χ4n) is 2.91. The van der Waals surface area contributed by atoms with Gasteiger partial charge in [0.15, 0.2) is 0 Å². The fraction of sp³-hybridized carbons (Fsp3) is 0.400. The predicted octanol–water partition coefficient (Wildman–Crippen LogP) is 4.69. The molecule has 0 aliphatic carbocycles. The van der Waals surface area contributed by atoms with Crippen molar-refractivity contribution in [2.75, 3.05) is 0 Å². The summed E-state index contributed by atoms with van der Waals surface area (Å²) in [5.41, 5.74) is 0.418. The first-order valence-corrected chi connectivity index (χ1v) is 8.37. The zero-order valence-corrected chi connectivity index (χ0v) is 13.7. The van der Waals surface area contributed by atoms with Crippen LogP contribution in [0.15, 0.2) is 48.5 Å². The summed E-state index contributed by atoms with van der Waals surface area (Å²) < 4.78 is 0. The maximum absolute atomic E-state index is 11.3. The van der Waals surface area contributed by atoms with Crippen molar-refractivity contribution in [3.63, 3.8) is 0 Å². The van der Waals surface area contributed by atoms with Crippen LogP contribution in [0, 0.1) is 0 Å². The fourth-order valence-corrected chi connectivity index (χ4v) is 2.91. The van der Waals surface area contributed by atoms with E-state index in [9.17, 15) is 15.3 Å². The molecule has 0 fully saturated rings. The molecule has 124 valence electrons. The Balaban J connectivity index is 2.22. The lowest BCUT2D eigenvalue weighted by Gasteiger charge is -2.29. The molecule has 23 heavy (non-hydrogen) atoms. The Morgan fingerprint density at radius 1 is 0.696 bits per heavy atom. The Bertz CT molecular complexity index is 542. The minimum Gasteiger partial charge on any atom is -0.508 e. The molecule has 3 nitrogen and oxygen atoms in total. The first-order chi connectivity index (χ1) is 11.1. The molecule has 0 aliphatic heterocycles. The lowest BCUT2D eigenvalue weighted by atomic mass is 9.82. The Morgan fingerprint density at radius 2 is 1.13 bits per heavy atom. The smallest absolute Gasteiger partial charge is 0.115 e.